The molecule has 136 valence electrons. The number of hydrogen-bond donors (Lipinski definition) is 4. The van der Waals surface area contributed by atoms with Crippen molar-refractivity contribution in [3.8, 4) is 11.1 Å². The van der Waals surface area contributed by atoms with Crippen LogP contribution in [-0.2, 0) is 4.79 Å². The number of carbonyl (C=O) groups excluding carboxylic acids is 2. The van der Waals surface area contributed by atoms with Gasteiger partial charge in [0.2, 0.25) is 6.41 Å². The van der Waals surface area contributed by atoms with Crippen molar-refractivity contribution in [1.29, 1.82) is 0 Å². The van der Waals surface area contributed by atoms with Gasteiger partial charge in [-0.15, -0.1) is 0 Å². The van der Waals surface area contributed by atoms with Gasteiger partial charge in [-0.25, -0.2) is 10.6 Å². The van der Waals surface area contributed by atoms with Gasteiger partial charge in [0.1, 0.15) is 5.69 Å². The zero-order valence-corrected chi connectivity index (χ0v) is 13.9. The maximum atomic E-state index is 12.1. The van der Waals surface area contributed by atoms with Crippen LogP contribution in [0.5, 0.6) is 0 Å². The summed E-state index contributed by atoms with van der Waals surface area (Å²) in [5, 5.41) is 0. The van der Waals surface area contributed by atoms with E-state index in [1.165, 1.54) is 12.1 Å². The first-order valence-electron chi connectivity index (χ1n) is 7.82. The molecule has 0 aliphatic carbocycles. The number of aromatic nitrogens is 2. The van der Waals surface area contributed by atoms with Gasteiger partial charge in [-0.2, -0.15) is 0 Å². The van der Waals surface area contributed by atoms with Gasteiger partial charge < -0.3 is 4.98 Å². The van der Waals surface area contributed by atoms with Crippen molar-refractivity contribution < 1.29 is 9.59 Å². The highest BCUT2D eigenvalue weighted by Gasteiger charge is 2.18. The number of rotatable bonds is 5. The standard InChI is InChI=1S/C18H15N5O4/c19-22-16(25)13-7-6-12(8-14(13)11-4-2-1-3-5-11)23(10-24)15-9-20-18(27)21-17(15)26/h1-10H,19H2,(H,22,25)(H2,20,21,26,27). The summed E-state index contributed by atoms with van der Waals surface area (Å²) in [6.07, 6.45) is 1.58. The van der Waals surface area contributed by atoms with E-state index in [4.69, 9.17) is 5.84 Å². The van der Waals surface area contributed by atoms with Crippen LogP contribution in [0.1, 0.15) is 10.4 Å². The molecule has 0 fully saturated rings. The smallest absolute Gasteiger partial charge is 0.312 e. The molecule has 9 heteroatoms. The third-order valence-corrected chi connectivity index (χ3v) is 3.91. The quantitative estimate of drug-likeness (QED) is 0.227. The predicted molar refractivity (Wildman–Crippen MR) is 99.4 cm³/mol. The first-order chi connectivity index (χ1) is 13.0. The number of nitrogens with zero attached hydrogens (tertiary/aromatic N) is 1. The molecule has 27 heavy (non-hydrogen) atoms. The number of hydrazine groups is 1. The van der Waals surface area contributed by atoms with E-state index >= 15 is 0 Å². The Bertz CT molecular complexity index is 1100. The number of carbonyl (C=O) groups is 2. The van der Waals surface area contributed by atoms with Crippen molar-refractivity contribution in [3.63, 3.8) is 0 Å². The minimum atomic E-state index is -0.726. The molecule has 0 aliphatic rings. The number of benzene rings is 2. The van der Waals surface area contributed by atoms with Crippen LogP contribution < -0.4 is 27.4 Å². The predicted octanol–water partition coefficient (Wildman–Crippen LogP) is 0.628. The van der Waals surface area contributed by atoms with Crippen molar-refractivity contribution in [1.82, 2.24) is 15.4 Å². The van der Waals surface area contributed by atoms with Gasteiger partial charge in [0.15, 0.2) is 0 Å². The molecule has 0 atom stereocenters. The molecular formula is C18H15N5O4. The molecule has 0 radical (unpaired) electrons. The van der Waals surface area contributed by atoms with Crippen LogP contribution in [0.2, 0.25) is 0 Å². The second kappa shape index (κ2) is 7.50. The molecule has 5 N–H and O–H groups in total. The van der Waals surface area contributed by atoms with Crippen LogP contribution in [-0.4, -0.2) is 22.3 Å². The lowest BCUT2D eigenvalue weighted by atomic mass is 9.98. The van der Waals surface area contributed by atoms with Crippen molar-refractivity contribution in [2.75, 3.05) is 4.90 Å². The number of nitrogens with one attached hydrogen (secondary N) is 3. The Morgan fingerprint density at radius 3 is 2.48 bits per heavy atom. The van der Waals surface area contributed by atoms with Crippen LogP contribution in [0.4, 0.5) is 11.4 Å². The Morgan fingerprint density at radius 2 is 1.85 bits per heavy atom. The number of amides is 2. The SMILES string of the molecule is NNC(=O)c1ccc(N(C=O)c2c[nH]c(=O)[nH]c2=O)cc1-c1ccccc1. The fourth-order valence-electron chi connectivity index (χ4n) is 2.65. The third kappa shape index (κ3) is 3.53. The Balaban J connectivity index is 2.18. The zero-order valence-electron chi connectivity index (χ0n) is 13.9. The number of anilines is 2. The number of nitrogen functional groups attached to an aromatic ring is 1. The fraction of sp³-hybridized carbons (Fsp3) is 0. The molecular weight excluding hydrogens is 350 g/mol. The second-order valence-electron chi connectivity index (χ2n) is 5.50. The van der Waals surface area contributed by atoms with E-state index < -0.39 is 17.2 Å². The summed E-state index contributed by atoms with van der Waals surface area (Å²) in [5.41, 5.74) is 2.47. The van der Waals surface area contributed by atoms with Gasteiger partial charge in [-0.05, 0) is 29.3 Å². The molecule has 0 aliphatic heterocycles. The number of aromatic amines is 2. The molecule has 2 amide bonds. The second-order valence-corrected chi connectivity index (χ2v) is 5.50. The van der Waals surface area contributed by atoms with Crippen molar-refractivity contribution in [2.24, 2.45) is 5.84 Å². The summed E-state index contributed by atoms with van der Waals surface area (Å²) in [7, 11) is 0. The largest absolute Gasteiger partial charge is 0.325 e. The molecule has 3 rings (SSSR count). The topological polar surface area (TPSA) is 141 Å². The van der Waals surface area contributed by atoms with E-state index in [9.17, 15) is 19.2 Å². The van der Waals surface area contributed by atoms with Gasteiger partial charge in [0, 0.05) is 17.4 Å². The van der Waals surface area contributed by atoms with E-state index in [1.54, 1.807) is 30.3 Å². The maximum absolute atomic E-state index is 12.1. The molecule has 9 nitrogen and oxygen atoms in total. The minimum absolute atomic E-state index is 0.0698. The van der Waals surface area contributed by atoms with Crippen LogP contribution in [0.3, 0.4) is 0 Å². The Morgan fingerprint density at radius 1 is 1.11 bits per heavy atom. The number of nitrogens with two attached hydrogens (primary N) is 1. The van der Waals surface area contributed by atoms with Gasteiger partial charge in [-0.3, -0.25) is 29.7 Å². The summed E-state index contributed by atoms with van der Waals surface area (Å²) in [5.74, 6) is 4.75. The molecule has 1 heterocycles. The van der Waals surface area contributed by atoms with Crippen LogP contribution in [0, 0.1) is 0 Å². The van der Waals surface area contributed by atoms with E-state index in [-0.39, 0.29) is 5.69 Å². The first kappa shape index (κ1) is 17.8. The molecule has 0 bridgehead atoms. The van der Waals surface area contributed by atoms with Crippen LogP contribution >= 0.6 is 0 Å². The van der Waals surface area contributed by atoms with Crippen LogP contribution in [0.25, 0.3) is 11.1 Å². The molecule has 3 aromatic rings. The van der Waals surface area contributed by atoms with Crippen molar-refractivity contribution in [3.05, 3.63) is 81.1 Å². The Hall–Kier alpha value is -3.98. The van der Waals surface area contributed by atoms with E-state index in [0.717, 1.165) is 16.7 Å². The highest BCUT2D eigenvalue weighted by atomic mass is 16.2. The number of H-pyrrole nitrogens is 2. The lowest BCUT2D eigenvalue weighted by molar-refractivity contribution is -0.106. The van der Waals surface area contributed by atoms with E-state index in [2.05, 4.69) is 15.4 Å². The molecule has 2 aromatic carbocycles. The lowest BCUT2D eigenvalue weighted by Crippen LogP contribution is -2.31. The highest BCUT2D eigenvalue weighted by molar-refractivity contribution is 6.02. The Labute approximate surface area is 152 Å². The molecule has 0 spiro atoms. The zero-order chi connectivity index (χ0) is 19.4. The van der Waals surface area contributed by atoms with Gasteiger partial charge in [-0.1, -0.05) is 30.3 Å². The lowest BCUT2D eigenvalue weighted by Gasteiger charge is -2.18. The first-order valence-corrected chi connectivity index (χ1v) is 7.82. The summed E-state index contributed by atoms with van der Waals surface area (Å²) in [6, 6.07) is 13.6. The molecule has 1 aromatic heterocycles. The molecule has 0 saturated heterocycles. The van der Waals surface area contributed by atoms with E-state index in [1.807, 2.05) is 6.07 Å². The average Bonchev–Trinajstić information content (AvgIpc) is 2.70. The molecule has 0 saturated carbocycles. The highest BCUT2D eigenvalue weighted by Crippen LogP contribution is 2.30. The average molecular weight is 365 g/mol. The third-order valence-electron chi connectivity index (χ3n) is 3.91. The summed E-state index contributed by atoms with van der Waals surface area (Å²) >= 11 is 0. The van der Waals surface area contributed by atoms with E-state index in [0.29, 0.717) is 23.2 Å². The molecule has 0 unspecified atom stereocenters. The van der Waals surface area contributed by atoms with Crippen molar-refractivity contribution >= 4 is 23.7 Å². The minimum Gasteiger partial charge on any atom is -0.312 e. The monoisotopic (exact) mass is 365 g/mol. The van der Waals surface area contributed by atoms with Crippen molar-refractivity contribution in [2.45, 2.75) is 0 Å². The number of hydrogen-bond acceptors (Lipinski definition) is 5. The maximum Gasteiger partial charge on any atom is 0.325 e. The summed E-state index contributed by atoms with van der Waals surface area (Å²) in [6.45, 7) is 0. The van der Waals surface area contributed by atoms with Gasteiger partial charge in [0.25, 0.3) is 11.5 Å². The fourth-order valence-corrected chi connectivity index (χ4v) is 2.65. The normalized spacial score (nSPS) is 10.3. The van der Waals surface area contributed by atoms with Gasteiger partial charge >= 0.3 is 5.69 Å². The summed E-state index contributed by atoms with van der Waals surface area (Å²) in [4.78, 5) is 52.4. The van der Waals surface area contributed by atoms with Gasteiger partial charge in [0.05, 0.1) is 0 Å². The summed E-state index contributed by atoms with van der Waals surface area (Å²) < 4.78 is 0. The van der Waals surface area contributed by atoms with Crippen LogP contribution in [0.15, 0.2) is 64.3 Å². The Kier molecular flexibility index (Phi) is 4.95.